The standard InChI is InChI=1S/C3H6O2.2ClH.H2OP/c1-2-5-3-4;;;1-2/h3H,2H2,1H3;2*1H;2H2/q;;;+1. The number of carbonyl (C=O) groups excluding carboxylic acids is 1. The van der Waals surface area contributed by atoms with Gasteiger partial charge >= 0.3 is 9.12 Å². The van der Waals surface area contributed by atoms with Gasteiger partial charge in [0.05, 0.1) is 6.61 Å². The van der Waals surface area contributed by atoms with Gasteiger partial charge in [0.2, 0.25) is 0 Å². The molecule has 0 heterocycles. The Kier molecular flexibility index (Phi) is 107. The molecule has 0 aromatic heterocycles. The van der Waals surface area contributed by atoms with Crippen LogP contribution in [-0.4, -0.2) is 13.1 Å². The number of ether oxygens (including phenoxy) is 1. The Morgan fingerprint density at radius 2 is 1.78 bits per heavy atom. The van der Waals surface area contributed by atoms with Crippen molar-refractivity contribution in [3.63, 3.8) is 0 Å². The van der Waals surface area contributed by atoms with E-state index in [2.05, 4.69) is 4.74 Å². The van der Waals surface area contributed by atoms with Crippen molar-refractivity contribution < 1.29 is 14.1 Å². The lowest BCUT2D eigenvalue weighted by Crippen LogP contribution is -1.80. The number of hydrogen-bond acceptors (Lipinski definition) is 3. The monoisotopic (exact) mass is 195 g/mol. The van der Waals surface area contributed by atoms with E-state index >= 15 is 0 Å². The Bertz CT molecular complexity index is 46.0. The summed E-state index contributed by atoms with van der Waals surface area (Å²) < 4.78 is 12.3. The van der Waals surface area contributed by atoms with Crippen LogP contribution in [0, 0.1) is 0 Å². The van der Waals surface area contributed by atoms with Crippen molar-refractivity contribution in [2.75, 3.05) is 6.61 Å². The number of carbonyl (C=O) groups is 1. The van der Waals surface area contributed by atoms with Crippen molar-refractivity contribution in [2.24, 2.45) is 0 Å². The molecule has 0 saturated heterocycles. The van der Waals surface area contributed by atoms with Crippen LogP contribution in [-0.2, 0) is 14.1 Å². The first-order chi connectivity index (χ1) is 3.41. The van der Waals surface area contributed by atoms with Crippen LogP contribution in [0.2, 0.25) is 0 Å². The second-order valence-electron chi connectivity index (χ2n) is 0.552. The van der Waals surface area contributed by atoms with Gasteiger partial charge in [-0.2, -0.15) is 0 Å². The highest BCUT2D eigenvalue weighted by atomic mass is 35.5. The van der Waals surface area contributed by atoms with Gasteiger partial charge in [-0.1, -0.05) is 4.57 Å². The molecule has 3 nitrogen and oxygen atoms in total. The maximum absolute atomic E-state index is 9.18. The first kappa shape index (κ1) is 22.9. The third-order valence-electron chi connectivity index (χ3n) is 0.235. The molecule has 0 aliphatic rings. The van der Waals surface area contributed by atoms with Crippen LogP contribution in [0.15, 0.2) is 0 Å². The molecule has 0 aliphatic carbocycles. The van der Waals surface area contributed by atoms with E-state index in [9.17, 15) is 4.79 Å². The smallest absolute Gasteiger partial charge is 0.310 e. The summed E-state index contributed by atoms with van der Waals surface area (Å²) in [6, 6.07) is 0. The number of hydrogen-bond donors (Lipinski definition) is 0. The van der Waals surface area contributed by atoms with Gasteiger partial charge in [-0.15, -0.1) is 24.8 Å². The van der Waals surface area contributed by atoms with Gasteiger partial charge in [0, 0.05) is 0 Å². The highest BCUT2D eigenvalue weighted by molar-refractivity contribution is 7.00. The van der Waals surface area contributed by atoms with E-state index in [1.807, 2.05) is 0 Å². The van der Waals surface area contributed by atoms with Crippen molar-refractivity contribution in [1.82, 2.24) is 0 Å². The predicted molar refractivity (Wildman–Crippen MR) is 42.6 cm³/mol. The predicted octanol–water partition coefficient (Wildman–Crippen LogP) is 1.23. The Hall–Kier alpha value is 0.150. The lowest BCUT2D eigenvalue weighted by Gasteiger charge is -1.79. The summed E-state index contributed by atoms with van der Waals surface area (Å²) in [5.41, 5.74) is 0. The topological polar surface area (TPSA) is 43.4 Å². The minimum atomic E-state index is 0. The van der Waals surface area contributed by atoms with Gasteiger partial charge in [-0.05, 0) is 6.92 Å². The highest BCUT2D eigenvalue weighted by Crippen LogP contribution is 1.55. The first-order valence-corrected chi connectivity index (χ1v) is 2.17. The summed E-state index contributed by atoms with van der Waals surface area (Å²) >= 11 is 0. The van der Waals surface area contributed by atoms with Crippen molar-refractivity contribution in [3.8, 4) is 0 Å². The molecule has 0 spiro atoms. The normalized spacial score (nSPS) is 4.11. The van der Waals surface area contributed by atoms with Gasteiger partial charge in [-0.3, -0.25) is 4.79 Å². The van der Waals surface area contributed by atoms with E-state index in [4.69, 9.17) is 4.57 Å². The molecular weight excluding hydrogens is 186 g/mol. The molecule has 0 fully saturated rings. The zero-order valence-corrected chi connectivity index (χ0v) is 7.69. The van der Waals surface area contributed by atoms with Crippen molar-refractivity contribution in [3.05, 3.63) is 0 Å². The fourth-order valence-corrected chi connectivity index (χ4v) is 0.0680. The molecule has 1 unspecified atom stereocenters. The van der Waals surface area contributed by atoms with Gasteiger partial charge in [0.1, 0.15) is 0 Å². The Labute approximate surface area is 68.6 Å². The second kappa shape index (κ2) is 42.0. The van der Waals surface area contributed by atoms with Gasteiger partial charge < -0.3 is 4.74 Å². The zero-order valence-electron chi connectivity index (χ0n) is 4.90. The summed E-state index contributed by atoms with van der Waals surface area (Å²) in [6.45, 7) is 2.66. The minimum absolute atomic E-state index is 0. The van der Waals surface area contributed by atoms with Crippen LogP contribution in [0.3, 0.4) is 0 Å². The molecule has 0 aromatic carbocycles. The molecule has 1 atom stereocenters. The average Bonchev–Trinajstić information content (AvgIpc) is 1.75. The largest absolute Gasteiger partial charge is 0.468 e. The van der Waals surface area contributed by atoms with E-state index in [-0.39, 0.29) is 24.8 Å². The molecule has 0 N–H and O–H groups in total. The zero-order chi connectivity index (χ0) is 6.12. The summed E-state index contributed by atoms with van der Waals surface area (Å²) in [5, 5.41) is 0. The number of rotatable bonds is 2. The third kappa shape index (κ3) is 66.7. The lowest BCUT2D eigenvalue weighted by molar-refractivity contribution is -0.128. The van der Waals surface area contributed by atoms with E-state index in [0.717, 1.165) is 0 Å². The molecular formula is C3H10Cl2O3P+. The molecule has 58 valence electrons. The molecule has 0 aromatic rings. The third-order valence-corrected chi connectivity index (χ3v) is 0.235. The molecule has 0 amide bonds. The maximum atomic E-state index is 9.18. The van der Waals surface area contributed by atoms with Gasteiger partial charge in [0.15, 0.2) is 0 Å². The maximum Gasteiger partial charge on any atom is 0.310 e. The fourth-order valence-electron chi connectivity index (χ4n) is 0.0680. The van der Waals surface area contributed by atoms with E-state index < -0.39 is 0 Å². The first-order valence-electron chi connectivity index (χ1n) is 1.70. The van der Waals surface area contributed by atoms with Crippen molar-refractivity contribution >= 4 is 40.4 Å². The van der Waals surface area contributed by atoms with E-state index in [0.29, 0.717) is 13.1 Å². The molecule has 9 heavy (non-hydrogen) atoms. The average molecular weight is 196 g/mol. The van der Waals surface area contributed by atoms with Crippen LogP contribution in [0.5, 0.6) is 0 Å². The minimum Gasteiger partial charge on any atom is -0.468 e. The molecule has 0 aliphatic heterocycles. The summed E-state index contributed by atoms with van der Waals surface area (Å²) in [4.78, 5) is 9.18. The van der Waals surface area contributed by atoms with Crippen LogP contribution >= 0.6 is 33.9 Å². The molecule has 0 radical (unpaired) electrons. The summed E-state index contributed by atoms with van der Waals surface area (Å²) in [6.07, 6.45) is 0. The van der Waals surface area contributed by atoms with Crippen LogP contribution < -0.4 is 0 Å². The summed E-state index contributed by atoms with van der Waals surface area (Å²) in [5.74, 6) is 0. The van der Waals surface area contributed by atoms with Crippen molar-refractivity contribution in [1.29, 1.82) is 0 Å². The SMILES string of the molecule is CCOC=O.Cl.Cl.O=[PH2+]. The van der Waals surface area contributed by atoms with Crippen LogP contribution in [0.4, 0.5) is 0 Å². The number of halogens is 2. The fraction of sp³-hybridized carbons (Fsp3) is 0.667. The van der Waals surface area contributed by atoms with Crippen molar-refractivity contribution in [2.45, 2.75) is 6.92 Å². The molecule has 0 rings (SSSR count). The Morgan fingerprint density at radius 1 is 1.44 bits per heavy atom. The molecule has 0 saturated carbocycles. The van der Waals surface area contributed by atoms with Crippen LogP contribution in [0.25, 0.3) is 0 Å². The Morgan fingerprint density at radius 3 is 1.78 bits per heavy atom. The quantitative estimate of drug-likeness (QED) is 0.492. The lowest BCUT2D eigenvalue weighted by atomic mass is 10.9. The molecule has 6 heteroatoms. The second-order valence-corrected chi connectivity index (χ2v) is 0.552. The Balaban J connectivity index is -0.0000000286. The molecule has 0 bridgehead atoms. The van der Waals surface area contributed by atoms with Gasteiger partial charge in [-0.25, -0.2) is 0 Å². The van der Waals surface area contributed by atoms with Gasteiger partial charge in [0.25, 0.3) is 6.47 Å². The van der Waals surface area contributed by atoms with E-state index in [1.54, 1.807) is 6.92 Å². The van der Waals surface area contributed by atoms with Crippen LogP contribution in [0.1, 0.15) is 6.92 Å². The highest BCUT2D eigenvalue weighted by Gasteiger charge is 1.60. The van der Waals surface area contributed by atoms with E-state index in [1.165, 1.54) is 9.12 Å². The summed E-state index contributed by atoms with van der Waals surface area (Å²) in [7, 11) is 1.17.